The summed E-state index contributed by atoms with van der Waals surface area (Å²) in [6, 6.07) is 4.79. The number of rotatable bonds is 4. The number of hydrogen-bond donors (Lipinski definition) is 1. The van der Waals surface area contributed by atoms with Crippen LogP contribution in [0.2, 0.25) is 0 Å². The van der Waals surface area contributed by atoms with Crippen molar-refractivity contribution >= 4 is 29.4 Å². The first-order valence-corrected chi connectivity index (χ1v) is 5.74. The molecule has 0 aliphatic rings. The van der Waals surface area contributed by atoms with Crippen molar-refractivity contribution in [2.45, 2.75) is 4.90 Å². The molecule has 0 amide bonds. The van der Waals surface area contributed by atoms with Crippen LogP contribution < -0.4 is 5.73 Å². The van der Waals surface area contributed by atoms with Crippen molar-refractivity contribution in [2.24, 2.45) is 0 Å². The van der Waals surface area contributed by atoms with Crippen LogP contribution >= 0.6 is 11.8 Å². The average Bonchev–Trinajstić information content (AvgIpc) is 2.35. The van der Waals surface area contributed by atoms with Crippen LogP contribution in [0.25, 0.3) is 0 Å². The van der Waals surface area contributed by atoms with E-state index >= 15 is 0 Å². The highest BCUT2D eigenvalue weighted by Gasteiger charge is 2.09. The number of methoxy groups -OCH3 is 2. The van der Waals surface area contributed by atoms with E-state index in [2.05, 4.69) is 9.47 Å². The van der Waals surface area contributed by atoms with Gasteiger partial charge in [-0.15, -0.1) is 11.8 Å². The van der Waals surface area contributed by atoms with Gasteiger partial charge in [0.25, 0.3) is 0 Å². The minimum Gasteiger partial charge on any atom is -0.468 e. The second-order valence-electron chi connectivity index (χ2n) is 3.11. The standard InChI is InChI=1S/C11H13NO4S/c1-15-10(13)6-17-9-4-3-7(5-8(9)12)11(14)16-2/h3-5H,6,12H2,1-2H3. The maximum absolute atomic E-state index is 11.2. The molecule has 0 heterocycles. The fourth-order valence-corrected chi connectivity index (χ4v) is 1.90. The quantitative estimate of drug-likeness (QED) is 0.496. The molecular formula is C11H13NO4S. The average molecular weight is 255 g/mol. The Hall–Kier alpha value is -1.69. The molecule has 92 valence electrons. The predicted octanol–water partition coefficient (Wildman–Crippen LogP) is 1.32. The second-order valence-corrected chi connectivity index (χ2v) is 4.13. The van der Waals surface area contributed by atoms with Gasteiger partial charge in [-0.05, 0) is 18.2 Å². The van der Waals surface area contributed by atoms with E-state index in [-0.39, 0.29) is 11.7 Å². The van der Waals surface area contributed by atoms with Gasteiger partial charge in [0.1, 0.15) is 0 Å². The predicted molar refractivity (Wildman–Crippen MR) is 64.9 cm³/mol. The third-order valence-electron chi connectivity index (χ3n) is 2.00. The number of hydrogen-bond acceptors (Lipinski definition) is 6. The molecule has 0 radical (unpaired) electrons. The Balaban J connectivity index is 2.76. The number of nitrogen functional groups attached to an aromatic ring is 1. The van der Waals surface area contributed by atoms with E-state index in [9.17, 15) is 9.59 Å². The monoisotopic (exact) mass is 255 g/mol. The second kappa shape index (κ2) is 6.15. The first-order chi connectivity index (χ1) is 8.08. The van der Waals surface area contributed by atoms with Gasteiger partial charge < -0.3 is 15.2 Å². The van der Waals surface area contributed by atoms with Gasteiger partial charge in [0.05, 0.1) is 25.5 Å². The molecule has 0 bridgehead atoms. The molecule has 6 heteroatoms. The van der Waals surface area contributed by atoms with Crippen molar-refractivity contribution < 1.29 is 19.1 Å². The van der Waals surface area contributed by atoms with Gasteiger partial charge in [0.2, 0.25) is 0 Å². The Morgan fingerprint density at radius 1 is 1.29 bits per heavy atom. The summed E-state index contributed by atoms with van der Waals surface area (Å²) in [5.74, 6) is -0.592. The zero-order valence-corrected chi connectivity index (χ0v) is 10.4. The van der Waals surface area contributed by atoms with E-state index < -0.39 is 5.97 Å². The number of nitrogens with two attached hydrogens (primary N) is 1. The van der Waals surface area contributed by atoms with Crippen LogP contribution in [0.5, 0.6) is 0 Å². The summed E-state index contributed by atoms with van der Waals surface area (Å²) in [6.45, 7) is 0. The van der Waals surface area contributed by atoms with E-state index in [1.807, 2.05) is 0 Å². The maximum atomic E-state index is 11.2. The minimum atomic E-state index is -0.443. The van der Waals surface area contributed by atoms with Crippen molar-refractivity contribution in [3.05, 3.63) is 23.8 Å². The molecule has 2 N–H and O–H groups in total. The molecule has 0 unspecified atom stereocenters. The van der Waals surface area contributed by atoms with Gasteiger partial charge in [0.15, 0.2) is 0 Å². The highest BCUT2D eigenvalue weighted by molar-refractivity contribution is 8.00. The van der Waals surface area contributed by atoms with Crippen LogP contribution in [0.3, 0.4) is 0 Å². The number of carbonyl (C=O) groups excluding carboxylic acids is 2. The molecule has 5 nitrogen and oxygen atoms in total. The smallest absolute Gasteiger partial charge is 0.337 e. The first kappa shape index (κ1) is 13.4. The number of thioether (sulfide) groups is 1. The van der Waals surface area contributed by atoms with Gasteiger partial charge in [-0.25, -0.2) is 4.79 Å². The van der Waals surface area contributed by atoms with Crippen LogP contribution in [0.15, 0.2) is 23.1 Å². The van der Waals surface area contributed by atoms with E-state index in [4.69, 9.17) is 5.73 Å². The summed E-state index contributed by atoms with van der Waals surface area (Å²) in [5, 5.41) is 0. The van der Waals surface area contributed by atoms with Gasteiger partial charge in [-0.1, -0.05) is 0 Å². The van der Waals surface area contributed by atoms with Crippen molar-refractivity contribution in [2.75, 3.05) is 25.7 Å². The van der Waals surface area contributed by atoms with Gasteiger partial charge in [0, 0.05) is 10.6 Å². The summed E-state index contributed by atoms with van der Waals surface area (Å²) in [4.78, 5) is 22.9. The van der Waals surface area contributed by atoms with E-state index in [0.29, 0.717) is 11.3 Å². The molecular weight excluding hydrogens is 242 g/mol. The van der Waals surface area contributed by atoms with Crippen LogP contribution in [-0.2, 0) is 14.3 Å². The lowest BCUT2D eigenvalue weighted by Crippen LogP contribution is -2.05. The number of carbonyl (C=O) groups is 2. The van der Waals surface area contributed by atoms with Crippen molar-refractivity contribution in [1.82, 2.24) is 0 Å². The number of esters is 2. The Kier molecular flexibility index (Phi) is 4.84. The zero-order valence-electron chi connectivity index (χ0n) is 9.56. The summed E-state index contributed by atoms with van der Waals surface area (Å²) >= 11 is 1.26. The van der Waals surface area contributed by atoms with E-state index in [1.165, 1.54) is 32.0 Å². The molecule has 1 aromatic rings. The molecule has 1 rings (SSSR count). The third-order valence-corrected chi connectivity index (χ3v) is 3.07. The van der Waals surface area contributed by atoms with Crippen molar-refractivity contribution in [3.63, 3.8) is 0 Å². The molecule has 0 spiro atoms. The Morgan fingerprint density at radius 3 is 2.53 bits per heavy atom. The fraction of sp³-hybridized carbons (Fsp3) is 0.273. The highest BCUT2D eigenvalue weighted by Crippen LogP contribution is 2.26. The largest absolute Gasteiger partial charge is 0.468 e. The first-order valence-electron chi connectivity index (χ1n) is 4.76. The lowest BCUT2D eigenvalue weighted by molar-refractivity contribution is -0.137. The molecule has 0 saturated carbocycles. The van der Waals surface area contributed by atoms with Gasteiger partial charge >= 0.3 is 11.9 Å². The van der Waals surface area contributed by atoms with Crippen LogP contribution in [-0.4, -0.2) is 31.9 Å². The normalized spacial score (nSPS) is 9.76. The lowest BCUT2D eigenvalue weighted by Gasteiger charge is -2.06. The number of ether oxygens (including phenoxy) is 2. The molecule has 17 heavy (non-hydrogen) atoms. The molecule has 0 aliphatic heterocycles. The molecule has 0 aliphatic carbocycles. The Morgan fingerprint density at radius 2 is 2.00 bits per heavy atom. The molecule has 0 fully saturated rings. The van der Waals surface area contributed by atoms with E-state index in [0.717, 1.165) is 4.90 Å². The molecule has 1 aromatic carbocycles. The molecule has 0 atom stereocenters. The number of benzene rings is 1. The van der Waals surface area contributed by atoms with Crippen molar-refractivity contribution in [3.8, 4) is 0 Å². The van der Waals surface area contributed by atoms with Gasteiger partial charge in [-0.3, -0.25) is 4.79 Å². The number of anilines is 1. The maximum Gasteiger partial charge on any atom is 0.337 e. The van der Waals surface area contributed by atoms with Crippen LogP contribution in [0.4, 0.5) is 5.69 Å². The summed E-state index contributed by atoms with van der Waals surface area (Å²) in [5.41, 5.74) is 6.57. The lowest BCUT2D eigenvalue weighted by atomic mass is 10.2. The van der Waals surface area contributed by atoms with Crippen LogP contribution in [0, 0.1) is 0 Å². The SMILES string of the molecule is COC(=O)CSc1ccc(C(=O)OC)cc1N. The van der Waals surface area contributed by atoms with Crippen LogP contribution in [0.1, 0.15) is 10.4 Å². The molecule has 0 aromatic heterocycles. The Labute approximate surface area is 103 Å². The Bertz CT molecular complexity index is 433. The minimum absolute atomic E-state index is 0.179. The third kappa shape index (κ3) is 3.67. The van der Waals surface area contributed by atoms with E-state index in [1.54, 1.807) is 12.1 Å². The topological polar surface area (TPSA) is 78.6 Å². The van der Waals surface area contributed by atoms with Crippen molar-refractivity contribution in [1.29, 1.82) is 0 Å². The summed E-state index contributed by atoms with van der Waals surface area (Å²) < 4.78 is 9.09. The highest BCUT2D eigenvalue weighted by atomic mass is 32.2. The van der Waals surface area contributed by atoms with Gasteiger partial charge in [-0.2, -0.15) is 0 Å². The zero-order chi connectivity index (χ0) is 12.8. The summed E-state index contributed by atoms with van der Waals surface area (Å²) in [7, 11) is 2.63. The summed E-state index contributed by atoms with van der Waals surface area (Å²) in [6.07, 6.45) is 0. The fourth-order valence-electron chi connectivity index (χ4n) is 1.12. The molecule has 0 saturated heterocycles.